The molecule has 1 unspecified atom stereocenters. The lowest BCUT2D eigenvalue weighted by molar-refractivity contribution is -0.137. The minimum absolute atomic E-state index is 0.199. The highest BCUT2D eigenvalue weighted by Gasteiger charge is 2.16. The molecule has 0 aliphatic carbocycles. The van der Waals surface area contributed by atoms with Crippen molar-refractivity contribution in [1.82, 2.24) is 0 Å². The number of methoxy groups -OCH3 is 1. The van der Waals surface area contributed by atoms with Crippen LogP contribution in [0.3, 0.4) is 0 Å². The maximum atomic E-state index is 11.4. The molecule has 1 rings (SSSR count). The molecule has 0 bridgehead atoms. The summed E-state index contributed by atoms with van der Waals surface area (Å²) in [5.74, 6) is -1.51. The molecular weight excluding hydrogens is 258 g/mol. The largest absolute Gasteiger partial charge is 0.480 e. The lowest BCUT2D eigenvalue weighted by Gasteiger charge is -2.14. The fourth-order valence-electron chi connectivity index (χ4n) is 1.42. The monoisotopic (exact) mass is 271 g/mol. The molecule has 2 N–H and O–H groups in total. The summed E-state index contributed by atoms with van der Waals surface area (Å²) in [4.78, 5) is 22.3. The number of hydrogen-bond acceptors (Lipinski definition) is 4. The third-order valence-electron chi connectivity index (χ3n) is 2.42. The second-order valence-electron chi connectivity index (χ2n) is 3.63. The van der Waals surface area contributed by atoms with Gasteiger partial charge in [0.1, 0.15) is 6.04 Å². The SMILES string of the molecule is CCC(Nc1ccc(Cl)c(C(=O)OC)c1)C(=O)O. The van der Waals surface area contributed by atoms with Crippen molar-refractivity contribution in [3.63, 3.8) is 0 Å². The molecule has 18 heavy (non-hydrogen) atoms. The van der Waals surface area contributed by atoms with Gasteiger partial charge in [-0.3, -0.25) is 0 Å². The van der Waals surface area contributed by atoms with Crippen LogP contribution in [0.4, 0.5) is 5.69 Å². The lowest BCUT2D eigenvalue weighted by Crippen LogP contribution is -2.28. The van der Waals surface area contributed by atoms with Crippen LogP contribution in [0.25, 0.3) is 0 Å². The standard InChI is InChI=1S/C12H14ClNO4/c1-3-10(11(15)16)14-7-4-5-9(13)8(6-7)12(17)18-2/h4-6,10,14H,3H2,1-2H3,(H,15,16). The van der Waals surface area contributed by atoms with Crippen molar-refractivity contribution in [2.24, 2.45) is 0 Å². The van der Waals surface area contributed by atoms with Crippen molar-refractivity contribution < 1.29 is 19.4 Å². The molecule has 0 saturated carbocycles. The second kappa shape index (κ2) is 6.26. The number of aliphatic carboxylic acids is 1. The third-order valence-corrected chi connectivity index (χ3v) is 2.75. The molecule has 6 heteroatoms. The predicted octanol–water partition coefficient (Wildman–Crippen LogP) is 2.40. The van der Waals surface area contributed by atoms with E-state index in [1.54, 1.807) is 13.0 Å². The highest BCUT2D eigenvalue weighted by Crippen LogP contribution is 2.22. The quantitative estimate of drug-likeness (QED) is 0.804. The van der Waals surface area contributed by atoms with Gasteiger partial charge in [-0.2, -0.15) is 0 Å². The zero-order valence-electron chi connectivity index (χ0n) is 10.1. The summed E-state index contributed by atoms with van der Waals surface area (Å²) in [6, 6.07) is 3.89. The Hall–Kier alpha value is -1.75. The van der Waals surface area contributed by atoms with Crippen molar-refractivity contribution in [1.29, 1.82) is 0 Å². The van der Waals surface area contributed by atoms with E-state index in [2.05, 4.69) is 10.1 Å². The third kappa shape index (κ3) is 3.37. The molecule has 0 spiro atoms. The number of esters is 1. The van der Waals surface area contributed by atoms with Gasteiger partial charge in [-0.15, -0.1) is 0 Å². The molecule has 0 aromatic heterocycles. The molecule has 1 aromatic rings. The number of hydrogen-bond donors (Lipinski definition) is 2. The first-order valence-corrected chi connectivity index (χ1v) is 5.74. The molecule has 0 aliphatic heterocycles. The molecule has 1 atom stereocenters. The smallest absolute Gasteiger partial charge is 0.339 e. The van der Waals surface area contributed by atoms with Gasteiger partial charge in [0.15, 0.2) is 0 Å². The molecule has 1 aromatic carbocycles. The highest BCUT2D eigenvalue weighted by atomic mass is 35.5. The molecule has 0 radical (unpaired) electrons. The van der Waals surface area contributed by atoms with E-state index in [0.29, 0.717) is 12.1 Å². The van der Waals surface area contributed by atoms with Crippen molar-refractivity contribution >= 4 is 29.2 Å². The number of nitrogens with one attached hydrogen (secondary N) is 1. The molecule has 5 nitrogen and oxygen atoms in total. The van der Waals surface area contributed by atoms with Crippen LogP contribution in [0.15, 0.2) is 18.2 Å². The molecule has 0 amide bonds. The van der Waals surface area contributed by atoms with E-state index < -0.39 is 18.0 Å². The number of carbonyl (C=O) groups excluding carboxylic acids is 1. The Morgan fingerprint density at radius 2 is 2.17 bits per heavy atom. The van der Waals surface area contributed by atoms with E-state index >= 15 is 0 Å². The number of ether oxygens (including phenoxy) is 1. The number of carboxylic acids is 1. The maximum absolute atomic E-state index is 11.4. The Labute approximate surface area is 110 Å². The molecule has 0 heterocycles. The zero-order valence-corrected chi connectivity index (χ0v) is 10.8. The van der Waals surface area contributed by atoms with Crippen molar-refractivity contribution in [2.75, 3.05) is 12.4 Å². The highest BCUT2D eigenvalue weighted by molar-refractivity contribution is 6.33. The van der Waals surface area contributed by atoms with Crippen LogP contribution in [0, 0.1) is 0 Å². The van der Waals surface area contributed by atoms with Crippen LogP contribution in [-0.4, -0.2) is 30.2 Å². The number of carbonyl (C=O) groups is 2. The van der Waals surface area contributed by atoms with Gasteiger partial charge in [0.05, 0.1) is 17.7 Å². The summed E-state index contributed by atoms with van der Waals surface area (Å²) in [6.07, 6.45) is 0.422. The summed E-state index contributed by atoms with van der Waals surface area (Å²) in [7, 11) is 1.25. The van der Waals surface area contributed by atoms with Gasteiger partial charge in [0.25, 0.3) is 0 Å². The van der Waals surface area contributed by atoms with E-state index in [1.165, 1.54) is 19.2 Å². The van der Waals surface area contributed by atoms with E-state index in [4.69, 9.17) is 16.7 Å². The Morgan fingerprint density at radius 3 is 2.67 bits per heavy atom. The number of carboxylic acid groups (broad SMARTS) is 1. The normalized spacial score (nSPS) is 11.7. The summed E-state index contributed by atoms with van der Waals surface area (Å²) in [6.45, 7) is 1.75. The lowest BCUT2D eigenvalue weighted by atomic mass is 10.1. The van der Waals surface area contributed by atoms with E-state index in [1.807, 2.05) is 0 Å². The molecule has 0 aliphatic rings. The first-order valence-electron chi connectivity index (χ1n) is 5.36. The van der Waals surface area contributed by atoms with Gasteiger partial charge >= 0.3 is 11.9 Å². The van der Waals surface area contributed by atoms with Gasteiger partial charge in [0.2, 0.25) is 0 Å². The van der Waals surface area contributed by atoms with Crippen LogP contribution >= 0.6 is 11.6 Å². The Balaban J connectivity index is 2.98. The number of benzene rings is 1. The summed E-state index contributed by atoms with van der Waals surface area (Å²) < 4.78 is 4.58. The van der Waals surface area contributed by atoms with Gasteiger partial charge in [0, 0.05) is 5.69 Å². The van der Waals surface area contributed by atoms with Crippen molar-refractivity contribution in [3.8, 4) is 0 Å². The van der Waals surface area contributed by atoms with Gasteiger partial charge in [-0.1, -0.05) is 18.5 Å². The first kappa shape index (κ1) is 14.3. The number of halogens is 1. The van der Waals surface area contributed by atoms with Crippen LogP contribution < -0.4 is 5.32 Å². The average molecular weight is 272 g/mol. The van der Waals surface area contributed by atoms with Crippen LogP contribution in [-0.2, 0) is 9.53 Å². The summed E-state index contributed by atoms with van der Waals surface area (Å²) in [5, 5.41) is 12.0. The number of rotatable bonds is 5. The molecular formula is C12H14ClNO4. The van der Waals surface area contributed by atoms with Gasteiger partial charge in [-0.05, 0) is 24.6 Å². The average Bonchev–Trinajstić information content (AvgIpc) is 2.36. The van der Waals surface area contributed by atoms with Crippen molar-refractivity contribution in [3.05, 3.63) is 28.8 Å². The molecule has 0 saturated heterocycles. The Kier molecular flexibility index (Phi) is 4.97. The second-order valence-corrected chi connectivity index (χ2v) is 4.04. The predicted molar refractivity (Wildman–Crippen MR) is 68.1 cm³/mol. The van der Waals surface area contributed by atoms with E-state index in [-0.39, 0.29) is 10.6 Å². The van der Waals surface area contributed by atoms with Gasteiger partial charge in [-0.25, -0.2) is 9.59 Å². The topological polar surface area (TPSA) is 75.6 Å². The van der Waals surface area contributed by atoms with E-state index in [0.717, 1.165) is 0 Å². The maximum Gasteiger partial charge on any atom is 0.339 e. The van der Waals surface area contributed by atoms with Crippen LogP contribution in [0.5, 0.6) is 0 Å². The minimum atomic E-state index is -0.952. The summed E-state index contributed by atoms with van der Waals surface area (Å²) >= 11 is 5.86. The fraction of sp³-hybridized carbons (Fsp3) is 0.333. The zero-order chi connectivity index (χ0) is 13.7. The van der Waals surface area contributed by atoms with Gasteiger partial charge < -0.3 is 15.2 Å². The number of anilines is 1. The molecule has 0 fully saturated rings. The first-order chi connectivity index (χ1) is 8.49. The minimum Gasteiger partial charge on any atom is -0.480 e. The Bertz CT molecular complexity index is 461. The summed E-state index contributed by atoms with van der Waals surface area (Å²) in [5.41, 5.74) is 0.707. The van der Waals surface area contributed by atoms with Crippen LogP contribution in [0.2, 0.25) is 5.02 Å². The van der Waals surface area contributed by atoms with Crippen LogP contribution in [0.1, 0.15) is 23.7 Å². The molecule has 98 valence electrons. The fourth-order valence-corrected chi connectivity index (χ4v) is 1.62. The van der Waals surface area contributed by atoms with Crippen molar-refractivity contribution in [2.45, 2.75) is 19.4 Å². The Morgan fingerprint density at radius 1 is 1.50 bits per heavy atom. The van der Waals surface area contributed by atoms with E-state index in [9.17, 15) is 9.59 Å².